The molecule has 3 aromatic rings. The summed E-state index contributed by atoms with van der Waals surface area (Å²) in [5.74, 6) is -1.06. The number of fused-ring (bicyclic) bond motifs is 1. The van der Waals surface area contributed by atoms with Gasteiger partial charge in [0, 0.05) is 12.0 Å². The molecular weight excluding hydrogens is 358 g/mol. The lowest BCUT2D eigenvalue weighted by atomic mass is 10.0. The number of nitrogens with zero attached hydrogens (tertiary/aromatic N) is 2. The third kappa shape index (κ3) is 2.76. The summed E-state index contributed by atoms with van der Waals surface area (Å²) in [6, 6.07) is 9.31. The minimum Gasteiger partial charge on any atom is -0.480 e. The van der Waals surface area contributed by atoms with E-state index in [1.165, 1.54) is 17.3 Å². The molecule has 1 aliphatic rings. The fraction of sp³-hybridized carbons (Fsp3) is 0.167. The van der Waals surface area contributed by atoms with Gasteiger partial charge in [0.05, 0.1) is 29.3 Å². The molecule has 132 valence electrons. The number of carboxylic acid groups (broad SMARTS) is 1. The predicted molar refractivity (Wildman–Crippen MR) is 92.7 cm³/mol. The first-order chi connectivity index (χ1) is 12.5. The summed E-state index contributed by atoms with van der Waals surface area (Å²) < 4.78 is 5.67. The molecule has 8 heteroatoms. The zero-order valence-corrected chi connectivity index (χ0v) is 14.2. The highest BCUT2D eigenvalue weighted by Gasteiger charge is 2.37. The highest BCUT2D eigenvalue weighted by Crippen LogP contribution is 2.30. The van der Waals surface area contributed by atoms with E-state index in [1.807, 2.05) is 6.07 Å². The van der Waals surface area contributed by atoms with E-state index in [4.69, 9.17) is 16.0 Å². The lowest BCUT2D eigenvalue weighted by Crippen LogP contribution is -2.48. The maximum absolute atomic E-state index is 12.9. The van der Waals surface area contributed by atoms with Crippen molar-refractivity contribution in [2.75, 3.05) is 0 Å². The summed E-state index contributed by atoms with van der Waals surface area (Å²) in [5, 5.41) is 10.0. The van der Waals surface area contributed by atoms with Crippen LogP contribution >= 0.6 is 11.6 Å². The molecule has 1 atom stereocenters. The number of hydrogen-bond acceptors (Lipinski definition) is 4. The van der Waals surface area contributed by atoms with Crippen molar-refractivity contribution in [3.8, 4) is 11.3 Å². The van der Waals surface area contributed by atoms with Gasteiger partial charge in [-0.25, -0.2) is 9.78 Å². The fourth-order valence-electron chi connectivity index (χ4n) is 3.07. The topological polar surface area (TPSA) is 99.4 Å². The van der Waals surface area contributed by atoms with Crippen LogP contribution in [0.25, 0.3) is 11.3 Å². The molecule has 26 heavy (non-hydrogen) atoms. The number of benzene rings is 1. The molecule has 4 rings (SSSR count). The number of halogens is 1. The normalized spacial score (nSPS) is 16.3. The van der Waals surface area contributed by atoms with Gasteiger partial charge in [0.2, 0.25) is 0 Å². The van der Waals surface area contributed by atoms with Gasteiger partial charge in [-0.15, -0.1) is 0 Å². The van der Waals surface area contributed by atoms with Gasteiger partial charge in [0.15, 0.2) is 5.76 Å². The van der Waals surface area contributed by atoms with Gasteiger partial charge in [-0.1, -0.05) is 23.7 Å². The minimum absolute atomic E-state index is 0.0640. The van der Waals surface area contributed by atoms with Crippen LogP contribution in [-0.2, 0) is 17.8 Å². The Bertz CT molecular complexity index is 994. The van der Waals surface area contributed by atoms with Gasteiger partial charge >= 0.3 is 5.97 Å². The second-order valence-electron chi connectivity index (χ2n) is 5.96. The van der Waals surface area contributed by atoms with Crippen LogP contribution < -0.4 is 0 Å². The van der Waals surface area contributed by atoms with E-state index >= 15 is 0 Å². The van der Waals surface area contributed by atoms with Gasteiger partial charge in [-0.3, -0.25) is 4.79 Å². The Morgan fingerprint density at radius 2 is 2.08 bits per heavy atom. The zero-order valence-electron chi connectivity index (χ0n) is 13.5. The Morgan fingerprint density at radius 1 is 1.27 bits per heavy atom. The Kier molecular flexibility index (Phi) is 4.00. The first-order valence-electron chi connectivity index (χ1n) is 7.94. The number of carbonyl (C=O) groups excluding carboxylic acids is 1. The Hall–Kier alpha value is -3.06. The molecule has 1 amide bonds. The van der Waals surface area contributed by atoms with Crippen molar-refractivity contribution in [3.05, 3.63) is 64.9 Å². The van der Waals surface area contributed by atoms with E-state index in [0.717, 1.165) is 5.69 Å². The van der Waals surface area contributed by atoms with Gasteiger partial charge in [-0.2, -0.15) is 0 Å². The number of H-pyrrole nitrogens is 1. The highest BCUT2D eigenvalue weighted by molar-refractivity contribution is 6.33. The molecule has 0 radical (unpaired) electrons. The van der Waals surface area contributed by atoms with Crippen LogP contribution in [0.3, 0.4) is 0 Å². The smallest absolute Gasteiger partial charge is 0.326 e. The number of carbonyl (C=O) groups is 2. The molecular formula is C18H14ClN3O4. The lowest BCUT2D eigenvalue weighted by Gasteiger charge is -2.31. The van der Waals surface area contributed by atoms with Crippen molar-refractivity contribution in [1.82, 2.24) is 14.9 Å². The largest absolute Gasteiger partial charge is 0.480 e. The molecule has 0 aliphatic carbocycles. The molecule has 0 fully saturated rings. The van der Waals surface area contributed by atoms with Gasteiger partial charge in [0.25, 0.3) is 5.91 Å². The highest BCUT2D eigenvalue weighted by atomic mass is 35.5. The molecule has 7 nitrogen and oxygen atoms in total. The molecule has 1 aliphatic heterocycles. The van der Waals surface area contributed by atoms with Crippen molar-refractivity contribution in [2.24, 2.45) is 0 Å². The second-order valence-corrected chi connectivity index (χ2v) is 6.37. The number of aromatic amines is 1. The summed E-state index contributed by atoms with van der Waals surface area (Å²) in [6.07, 6.45) is 1.65. The van der Waals surface area contributed by atoms with Crippen LogP contribution in [-0.4, -0.2) is 37.9 Å². The summed E-state index contributed by atoms with van der Waals surface area (Å²) >= 11 is 6.16. The predicted octanol–water partition coefficient (Wildman–Crippen LogP) is 2.97. The number of amides is 1. The van der Waals surface area contributed by atoms with E-state index in [1.54, 1.807) is 24.3 Å². The molecule has 0 saturated heterocycles. The zero-order chi connectivity index (χ0) is 18.3. The number of imidazole rings is 1. The number of nitrogens with one attached hydrogen (secondary N) is 1. The van der Waals surface area contributed by atoms with Crippen LogP contribution in [0.1, 0.15) is 21.9 Å². The first kappa shape index (κ1) is 16.4. The molecule has 1 aromatic carbocycles. The van der Waals surface area contributed by atoms with Crippen LogP contribution in [0.15, 0.2) is 47.1 Å². The lowest BCUT2D eigenvalue weighted by molar-refractivity contribution is -0.142. The fourth-order valence-corrected chi connectivity index (χ4v) is 3.30. The SMILES string of the molecule is O=C(O)[C@@H]1Cc2nc[nH]c2CN1C(=O)c1ccc(-c2ccccc2Cl)o1. The second kappa shape index (κ2) is 6.34. The van der Waals surface area contributed by atoms with Crippen molar-refractivity contribution >= 4 is 23.5 Å². The summed E-state index contributed by atoms with van der Waals surface area (Å²) in [7, 11) is 0. The third-order valence-corrected chi connectivity index (χ3v) is 4.73. The van der Waals surface area contributed by atoms with Crippen LogP contribution in [0.4, 0.5) is 0 Å². The number of furan rings is 1. The molecule has 2 aromatic heterocycles. The summed E-state index contributed by atoms with van der Waals surface area (Å²) in [6.45, 7) is 0.132. The quantitative estimate of drug-likeness (QED) is 0.737. The Balaban J connectivity index is 1.65. The van der Waals surface area contributed by atoms with E-state index in [9.17, 15) is 14.7 Å². The van der Waals surface area contributed by atoms with Gasteiger partial charge in [-0.05, 0) is 24.3 Å². The number of aliphatic carboxylic acids is 1. The Labute approximate surface area is 153 Å². The van der Waals surface area contributed by atoms with Crippen LogP contribution in [0, 0.1) is 0 Å². The molecule has 2 N–H and O–H groups in total. The third-order valence-electron chi connectivity index (χ3n) is 4.40. The Morgan fingerprint density at radius 3 is 2.85 bits per heavy atom. The molecule has 0 saturated carbocycles. The number of hydrogen-bond donors (Lipinski definition) is 2. The van der Waals surface area contributed by atoms with E-state index in [-0.39, 0.29) is 18.7 Å². The van der Waals surface area contributed by atoms with Crippen LogP contribution in [0.2, 0.25) is 5.02 Å². The number of rotatable bonds is 3. The molecule has 3 heterocycles. The average Bonchev–Trinajstić information content (AvgIpc) is 3.29. The molecule has 0 bridgehead atoms. The molecule has 0 spiro atoms. The summed E-state index contributed by atoms with van der Waals surface area (Å²) in [4.78, 5) is 32.8. The number of carboxylic acids is 1. The minimum atomic E-state index is -1.08. The van der Waals surface area contributed by atoms with E-state index < -0.39 is 17.9 Å². The van der Waals surface area contributed by atoms with Gasteiger partial charge < -0.3 is 19.4 Å². The first-order valence-corrected chi connectivity index (χ1v) is 8.32. The average molecular weight is 372 g/mol. The van der Waals surface area contributed by atoms with Crippen molar-refractivity contribution in [2.45, 2.75) is 19.0 Å². The monoisotopic (exact) mass is 371 g/mol. The van der Waals surface area contributed by atoms with E-state index in [2.05, 4.69) is 9.97 Å². The van der Waals surface area contributed by atoms with Crippen molar-refractivity contribution in [3.63, 3.8) is 0 Å². The van der Waals surface area contributed by atoms with Crippen molar-refractivity contribution < 1.29 is 19.1 Å². The standard InChI is InChI=1S/C18H14ClN3O4/c19-11-4-2-1-3-10(11)15-5-6-16(26-15)17(23)22-8-13-12(20-9-21-13)7-14(22)18(24)25/h1-6,9,14H,7-8H2,(H,20,21)(H,24,25)/t14-/m0/s1. The maximum atomic E-state index is 12.9. The van der Waals surface area contributed by atoms with Crippen LogP contribution in [0.5, 0.6) is 0 Å². The van der Waals surface area contributed by atoms with Crippen molar-refractivity contribution in [1.29, 1.82) is 0 Å². The number of aromatic nitrogens is 2. The maximum Gasteiger partial charge on any atom is 0.326 e. The molecule has 0 unspecified atom stereocenters. The van der Waals surface area contributed by atoms with Gasteiger partial charge in [0.1, 0.15) is 11.8 Å². The van der Waals surface area contributed by atoms with E-state index in [0.29, 0.717) is 22.0 Å². The summed E-state index contributed by atoms with van der Waals surface area (Å²) in [5.41, 5.74) is 2.06.